The van der Waals surface area contributed by atoms with Gasteiger partial charge in [0.25, 0.3) is 0 Å². The molecule has 4 nitrogen and oxygen atoms in total. The molecule has 2 rings (SSSR count). The number of hydrogen-bond donors (Lipinski definition) is 1. The minimum Gasteiger partial charge on any atom is -0.381 e. The van der Waals surface area contributed by atoms with Crippen LogP contribution in [0.1, 0.15) is 31.4 Å². The lowest BCUT2D eigenvalue weighted by atomic mass is 9.86. The average Bonchev–Trinajstić information content (AvgIpc) is 2.53. The van der Waals surface area contributed by atoms with E-state index in [2.05, 4.69) is 11.4 Å². The van der Waals surface area contributed by atoms with Gasteiger partial charge in [0, 0.05) is 29.7 Å². The second-order valence-electron chi connectivity index (χ2n) is 5.33. The molecule has 5 heteroatoms. The van der Waals surface area contributed by atoms with Crippen LogP contribution in [0.2, 0.25) is 5.02 Å². The Labute approximate surface area is 130 Å². The van der Waals surface area contributed by atoms with Crippen molar-refractivity contribution in [2.24, 2.45) is 11.8 Å². The summed E-state index contributed by atoms with van der Waals surface area (Å²) in [6.45, 7) is 3.31. The van der Waals surface area contributed by atoms with Gasteiger partial charge in [0.15, 0.2) is 0 Å². The van der Waals surface area contributed by atoms with E-state index in [0.29, 0.717) is 29.7 Å². The Bertz CT molecular complexity index is 535. The molecule has 112 valence electrons. The van der Waals surface area contributed by atoms with Gasteiger partial charge in [0.1, 0.15) is 6.04 Å². The second kappa shape index (κ2) is 7.44. The molecule has 2 atom stereocenters. The number of hydrogen-bond acceptors (Lipinski definition) is 3. The van der Waals surface area contributed by atoms with Gasteiger partial charge in [-0.2, -0.15) is 5.26 Å². The smallest absolute Gasteiger partial charge is 0.224 e. The average molecular weight is 307 g/mol. The summed E-state index contributed by atoms with van der Waals surface area (Å²) in [7, 11) is 0. The zero-order valence-corrected chi connectivity index (χ0v) is 12.8. The van der Waals surface area contributed by atoms with Gasteiger partial charge in [-0.15, -0.1) is 0 Å². The van der Waals surface area contributed by atoms with Gasteiger partial charge in [0.2, 0.25) is 5.91 Å². The highest BCUT2D eigenvalue weighted by Gasteiger charge is 2.28. The highest BCUT2D eigenvalue weighted by Crippen LogP contribution is 2.26. The molecule has 0 spiro atoms. The number of nitrogens with zero attached hydrogens (tertiary/aromatic N) is 1. The summed E-state index contributed by atoms with van der Waals surface area (Å²) in [5.74, 6) is 0.0740. The number of carbonyl (C=O) groups is 1. The SMILES string of the molecule is C[C@@H](C(=O)N[C@@H](C#N)c1ccccc1Cl)C1CCOCC1. The van der Waals surface area contributed by atoms with E-state index >= 15 is 0 Å². The van der Waals surface area contributed by atoms with Crippen LogP contribution in [0.3, 0.4) is 0 Å². The Balaban J connectivity index is 2.03. The lowest BCUT2D eigenvalue weighted by molar-refractivity contribution is -0.127. The first-order chi connectivity index (χ1) is 10.1. The predicted molar refractivity (Wildman–Crippen MR) is 80.7 cm³/mol. The van der Waals surface area contributed by atoms with Crippen LogP contribution in [0.15, 0.2) is 24.3 Å². The summed E-state index contributed by atoms with van der Waals surface area (Å²) in [5.41, 5.74) is 0.634. The molecule has 21 heavy (non-hydrogen) atoms. The molecule has 1 amide bonds. The summed E-state index contributed by atoms with van der Waals surface area (Å²) in [5, 5.41) is 12.6. The minimum atomic E-state index is -0.714. The van der Waals surface area contributed by atoms with Gasteiger partial charge in [0.05, 0.1) is 6.07 Å². The van der Waals surface area contributed by atoms with Crippen LogP contribution in [-0.2, 0) is 9.53 Å². The number of halogens is 1. The van der Waals surface area contributed by atoms with E-state index in [1.807, 2.05) is 6.92 Å². The molecule has 1 heterocycles. The molecule has 0 radical (unpaired) electrons. The molecule has 0 saturated carbocycles. The molecule has 0 aliphatic carbocycles. The van der Waals surface area contributed by atoms with E-state index in [-0.39, 0.29) is 11.8 Å². The first-order valence-electron chi connectivity index (χ1n) is 7.15. The predicted octanol–water partition coefficient (Wildman–Crippen LogP) is 3.08. The van der Waals surface area contributed by atoms with Crippen molar-refractivity contribution in [3.05, 3.63) is 34.9 Å². The number of amides is 1. The summed E-state index contributed by atoms with van der Waals surface area (Å²) in [6, 6.07) is 8.47. The molecule has 0 bridgehead atoms. The number of rotatable bonds is 4. The third-order valence-electron chi connectivity index (χ3n) is 4.02. The number of carbonyl (C=O) groups excluding carboxylic acids is 1. The quantitative estimate of drug-likeness (QED) is 0.930. The van der Waals surface area contributed by atoms with Crippen molar-refractivity contribution in [3.8, 4) is 6.07 Å². The Kier molecular flexibility index (Phi) is 5.60. The number of nitriles is 1. The molecule has 1 aromatic carbocycles. The van der Waals surface area contributed by atoms with Crippen LogP contribution in [0.4, 0.5) is 0 Å². The molecular weight excluding hydrogens is 288 g/mol. The molecule has 0 aromatic heterocycles. The normalized spacial score (nSPS) is 18.5. The zero-order valence-electron chi connectivity index (χ0n) is 12.0. The van der Waals surface area contributed by atoms with Crippen molar-refractivity contribution in [1.82, 2.24) is 5.32 Å². The Morgan fingerprint density at radius 2 is 2.10 bits per heavy atom. The Hall–Kier alpha value is -1.57. The van der Waals surface area contributed by atoms with Gasteiger partial charge in [-0.25, -0.2) is 0 Å². The summed E-state index contributed by atoms with van der Waals surface area (Å²) >= 11 is 6.09. The third-order valence-corrected chi connectivity index (χ3v) is 4.36. The molecule has 1 N–H and O–H groups in total. The molecule has 0 unspecified atom stereocenters. The summed E-state index contributed by atoms with van der Waals surface area (Å²) < 4.78 is 5.32. The Morgan fingerprint density at radius 1 is 1.43 bits per heavy atom. The third kappa shape index (κ3) is 3.96. The number of nitrogens with one attached hydrogen (secondary N) is 1. The highest BCUT2D eigenvalue weighted by atomic mass is 35.5. The first kappa shape index (κ1) is 15.8. The van der Waals surface area contributed by atoms with E-state index < -0.39 is 6.04 Å². The second-order valence-corrected chi connectivity index (χ2v) is 5.74. The fraction of sp³-hybridized carbons (Fsp3) is 0.500. The Morgan fingerprint density at radius 3 is 2.71 bits per heavy atom. The topological polar surface area (TPSA) is 62.1 Å². The van der Waals surface area contributed by atoms with Crippen LogP contribution in [-0.4, -0.2) is 19.1 Å². The summed E-state index contributed by atoms with van der Waals surface area (Å²) in [4.78, 5) is 12.4. The van der Waals surface area contributed by atoms with E-state index in [1.165, 1.54) is 0 Å². The summed E-state index contributed by atoms with van der Waals surface area (Å²) in [6.07, 6.45) is 1.77. The maximum absolute atomic E-state index is 12.4. The fourth-order valence-corrected chi connectivity index (χ4v) is 2.84. The van der Waals surface area contributed by atoms with Gasteiger partial charge < -0.3 is 10.1 Å². The van der Waals surface area contributed by atoms with Crippen molar-refractivity contribution < 1.29 is 9.53 Å². The van der Waals surface area contributed by atoms with Crippen molar-refractivity contribution in [2.45, 2.75) is 25.8 Å². The highest BCUT2D eigenvalue weighted by molar-refractivity contribution is 6.31. The van der Waals surface area contributed by atoms with E-state index in [4.69, 9.17) is 16.3 Å². The minimum absolute atomic E-state index is 0.103. The van der Waals surface area contributed by atoms with Crippen molar-refractivity contribution in [2.75, 3.05) is 13.2 Å². The monoisotopic (exact) mass is 306 g/mol. The fourth-order valence-electron chi connectivity index (χ4n) is 2.59. The molecule has 1 fully saturated rings. The standard InChI is InChI=1S/C16H19ClN2O2/c1-11(12-6-8-21-9-7-12)16(20)19-15(10-18)13-4-2-3-5-14(13)17/h2-5,11-12,15H,6-9H2,1H3,(H,19,20)/t11-,15+/m1/s1. The van der Waals surface area contributed by atoms with Crippen LogP contribution < -0.4 is 5.32 Å². The number of benzene rings is 1. The largest absolute Gasteiger partial charge is 0.381 e. The van der Waals surface area contributed by atoms with Crippen LogP contribution in [0.5, 0.6) is 0 Å². The van der Waals surface area contributed by atoms with Crippen LogP contribution in [0, 0.1) is 23.2 Å². The first-order valence-corrected chi connectivity index (χ1v) is 7.53. The molecule has 1 aliphatic rings. The van der Waals surface area contributed by atoms with Crippen molar-refractivity contribution >= 4 is 17.5 Å². The van der Waals surface area contributed by atoms with Gasteiger partial charge in [-0.05, 0) is 24.8 Å². The molecular formula is C16H19ClN2O2. The van der Waals surface area contributed by atoms with Gasteiger partial charge in [-0.3, -0.25) is 4.79 Å². The van der Waals surface area contributed by atoms with Gasteiger partial charge >= 0.3 is 0 Å². The van der Waals surface area contributed by atoms with Crippen LogP contribution >= 0.6 is 11.6 Å². The molecule has 1 aliphatic heterocycles. The lowest BCUT2D eigenvalue weighted by Crippen LogP contribution is -2.37. The van der Waals surface area contributed by atoms with Crippen molar-refractivity contribution in [3.63, 3.8) is 0 Å². The van der Waals surface area contributed by atoms with Gasteiger partial charge in [-0.1, -0.05) is 36.7 Å². The molecule has 1 aromatic rings. The zero-order chi connectivity index (χ0) is 15.2. The van der Waals surface area contributed by atoms with E-state index in [9.17, 15) is 10.1 Å². The van der Waals surface area contributed by atoms with E-state index in [1.54, 1.807) is 24.3 Å². The maximum Gasteiger partial charge on any atom is 0.224 e. The maximum atomic E-state index is 12.4. The van der Waals surface area contributed by atoms with Crippen LogP contribution in [0.25, 0.3) is 0 Å². The molecule has 1 saturated heterocycles. The number of ether oxygens (including phenoxy) is 1. The van der Waals surface area contributed by atoms with Crippen molar-refractivity contribution in [1.29, 1.82) is 5.26 Å². The van der Waals surface area contributed by atoms with E-state index in [0.717, 1.165) is 12.8 Å². The lowest BCUT2D eigenvalue weighted by Gasteiger charge is -2.27.